The first-order valence-electron chi connectivity index (χ1n) is 6.51. The van der Waals surface area contributed by atoms with E-state index in [1.807, 2.05) is 30.3 Å². The minimum absolute atomic E-state index is 0.0586. The highest BCUT2D eigenvalue weighted by Gasteiger charge is 2.45. The second-order valence-corrected chi connectivity index (χ2v) is 5.27. The summed E-state index contributed by atoms with van der Waals surface area (Å²) in [7, 11) is 0. The molecule has 0 radical (unpaired) electrons. The summed E-state index contributed by atoms with van der Waals surface area (Å²) in [6.45, 7) is 1.09. The maximum absolute atomic E-state index is 11.9. The molecule has 1 aromatic carbocycles. The van der Waals surface area contributed by atoms with Crippen LogP contribution in [0.5, 0.6) is 0 Å². The Hall–Kier alpha value is -1.43. The molecule has 1 aromatic rings. The number of nitrogens with one attached hydrogen (secondary N) is 1. The van der Waals surface area contributed by atoms with E-state index in [0.29, 0.717) is 26.1 Å². The average molecular weight is 263 g/mol. The van der Waals surface area contributed by atoms with Crippen LogP contribution in [-0.4, -0.2) is 25.1 Å². The zero-order valence-electron chi connectivity index (χ0n) is 10.6. The second kappa shape index (κ2) is 5.28. The molecule has 2 aliphatic rings. The molecule has 2 fully saturated rings. The van der Waals surface area contributed by atoms with Crippen LogP contribution in [0.15, 0.2) is 30.3 Å². The molecular formula is C14H17NO4. The van der Waals surface area contributed by atoms with Crippen molar-refractivity contribution >= 4 is 11.5 Å². The van der Waals surface area contributed by atoms with Crippen LogP contribution < -0.4 is 5.48 Å². The highest BCUT2D eigenvalue weighted by atomic mass is 17.2. The maximum atomic E-state index is 11.9. The molecule has 1 aliphatic carbocycles. The van der Waals surface area contributed by atoms with E-state index in [0.717, 1.165) is 12.1 Å². The molecule has 5 heteroatoms. The average Bonchev–Trinajstić information content (AvgIpc) is 2.90. The van der Waals surface area contributed by atoms with Crippen LogP contribution in [-0.2, 0) is 19.4 Å². The van der Waals surface area contributed by atoms with Crippen molar-refractivity contribution in [2.75, 3.05) is 18.7 Å². The van der Waals surface area contributed by atoms with Crippen molar-refractivity contribution in [3.8, 4) is 0 Å². The summed E-state index contributed by atoms with van der Waals surface area (Å²) in [6, 6.07) is 9.54. The third-order valence-electron chi connectivity index (χ3n) is 3.79. The Balaban J connectivity index is 1.61. The van der Waals surface area contributed by atoms with Crippen LogP contribution in [0.2, 0.25) is 0 Å². The Kier molecular flexibility index (Phi) is 3.50. The fourth-order valence-electron chi connectivity index (χ4n) is 2.55. The lowest BCUT2D eigenvalue weighted by Gasteiger charge is -2.33. The van der Waals surface area contributed by atoms with Gasteiger partial charge in [-0.2, -0.15) is 0 Å². The van der Waals surface area contributed by atoms with Gasteiger partial charge in [-0.15, -0.1) is 0 Å². The van der Waals surface area contributed by atoms with Gasteiger partial charge in [-0.1, -0.05) is 18.2 Å². The van der Waals surface area contributed by atoms with Crippen LogP contribution >= 0.6 is 0 Å². The molecule has 1 aliphatic heterocycles. The van der Waals surface area contributed by atoms with Gasteiger partial charge in [0.1, 0.15) is 6.10 Å². The van der Waals surface area contributed by atoms with E-state index in [4.69, 9.17) is 14.6 Å². The molecule has 3 rings (SSSR count). The topological polar surface area (TPSA) is 56.8 Å². The summed E-state index contributed by atoms with van der Waals surface area (Å²) >= 11 is 0. The monoisotopic (exact) mass is 263 g/mol. The summed E-state index contributed by atoms with van der Waals surface area (Å²) < 4.78 is 0. The predicted molar refractivity (Wildman–Crippen MR) is 68.1 cm³/mol. The fourth-order valence-corrected chi connectivity index (χ4v) is 2.55. The van der Waals surface area contributed by atoms with Gasteiger partial charge in [0.2, 0.25) is 0 Å². The number of anilines is 1. The zero-order chi connectivity index (χ0) is 13.1. The molecule has 1 atom stereocenters. The molecule has 1 spiro atoms. The van der Waals surface area contributed by atoms with Crippen molar-refractivity contribution in [3.05, 3.63) is 30.3 Å². The SMILES string of the molecule is O=C1CCC2(COOC2)C[C@H]1ONc1ccccc1. The maximum Gasteiger partial charge on any atom is 0.164 e. The number of hydrogen-bond donors (Lipinski definition) is 1. The van der Waals surface area contributed by atoms with Gasteiger partial charge >= 0.3 is 0 Å². The van der Waals surface area contributed by atoms with Gasteiger partial charge in [-0.3, -0.25) is 15.1 Å². The smallest absolute Gasteiger partial charge is 0.164 e. The lowest BCUT2D eigenvalue weighted by atomic mass is 9.74. The largest absolute Gasteiger partial charge is 0.297 e. The number of rotatable bonds is 3. The highest BCUT2D eigenvalue weighted by Crippen LogP contribution is 2.39. The molecule has 19 heavy (non-hydrogen) atoms. The quantitative estimate of drug-likeness (QED) is 0.668. The van der Waals surface area contributed by atoms with E-state index < -0.39 is 6.10 Å². The summed E-state index contributed by atoms with van der Waals surface area (Å²) in [5, 5.41) is 0. The van der Waals surface area contributed by atoms with E-state index in [1.54, 1.807) is 0 Å². The number of hydrogen-bond acceptors (Lipinski definition) is 5. The Morgan fingerprint density at radius 3 is 2.68 bits per heavy atom. The van der Waals surface area contributed by atoms with Crippen molar-refractivity contribution in [3.63, 3.8) is 0 Å². The van der Waals surface area contributed by atoms with Crippen molar-refractivity contribution in [2.45, 2.75) is 25.4 Å². The van der Waals surface area contributed by atoms with Gasteiger partial charge in [0, 0.05) is 11.8 Å². The molecule has 1 saturated carbocycles. The Morgan fingerprint density at radius 2 is 1.95 bits per heavy atom. The van der Waals surface area contributed by atoms with E-state index >= 15 is 0 Å². The molecule has 1 saturated heterocycles. The first-order valence-corrected chi connectivity index (χ1v) is 6.51. The summed E-state index contributed by atoms with van der Waals surface area (Å²) in [5.41, 5.74) is 3.63. The van der Waals surface area contributed by atoms with Gasteiger partial charge in [-0.05, 0) is 25.0 Å². The minimum atomic E-state index is -0.431. The molecule has 0 amide bonds. The first kappa shape index (κ1) is 12.6. The molecule has 1 heterocycles. The van der Waals surface area contributed by atoms with Gasteiger partial charge < -0.3 is 0 Å². The number of ketones is 1. The van der Waals surface area contributed by atoms with Crippen LogP contribution in [0.3, 0.4) is 0 Å². The van der Waals surface area contributed by atoms with E-state index in [-0.39, 0.29) is 11.2 Å². The molecule has 0 bridgehead atoms. The summed E-state index contributed by atoms with van der Waals surface area (Å²) in [5.74, 6) is 0.140. The van der Waals surface area contributed by atoms with Gasteiger partial charge in [0.15, 0.2) is 5.78 Å². The zero-order valence-corrected chi connectivity index (χ0v) is 10.6. The summed E-state index contributed by atoms with van der Waals surface area (Å²) in [4.78, 5) is 27.5. The predicted octanol–water partition coefficient (Wildman–Crippen LogP) is 2.10. The van der Waals surface area contributed by atoms with E-state index in [1.165, 1.54) is 0 Å². The molecule has 0 unspecified atom stereocenters. The normalized spacial score (nSPS) is 25.7. The Morgan fingerprint density at radius 1 is 1.21 bits per heavy atom. The van der Waals surface area contributed by atoms with Crippen molar-refractivity contribution in [2.24, 2.45) is 5.41 Å². The highest BCUT2D eigenvalue weighted by molar-refractivity contribution is 5.84. The molecule has 1 N–H and O–H groups in total. The number of carbonyl (C=O) groups is 1. The van der Waals surface area contributed by atoms with Crippen molar-refractivity contribution < 1.29 is 19.4 Å². The molecule has 5 nitrogen and oxygen atoms in total. The third-order valence-corrected chi connectivity index (χ3v) is 3.79. The number of Topliss-reactive ketones (excluding diaryl/α,β-unsaturated/α-hetero) is 1. The fraction of sp³-hybridized carbons (Fsp3) is 0.500. The molecule has 0 aromatic heterocycles. The van der Waals surface area contributed by atoms with Crippen LogP contribution in [0.25, 0.3) is 0 Å². The Bertz CT molecular complexity index is 442. The molecule has 102 valence electrons. The lowest BCUT2D eigenvalue weighted by molar-refractivity contribution is -0.248. The van der Waals surface area contributed by atoms with Gasteiger partial charge in [0.25, 0.3) is 0 Å². The van der Waals surface area contributed by atoms with Crippen LogP contribution in [0.4, 0.5) is 5.69 Å². The minimum Gasteiger partial charge on any atom is -0.297 e. The van der Waals surface area contributed by atoms with E-state index in [9.17, 15) is 4.79 Å². The van der Waals surface area contributed by atoms with Gasteiger partial charge in [0.05, 0.1) is 18.9 Å². The van der Waals surface area contributed by atoms with E-state index in [2.05, 4.69) is 5.48 Å². The summed E-state index contributed by atoms with van der Waals surface area (Å²) in [6.07, 6.45) is 1.55. The lowest BCUT2D eigenvalue weighted by Crippen LogP contribution is -2.41. The van der Waals surface area contributed by atoms with Crippen LogP contribution in [0, 0.1) is 5.41 Å². The standard InChI is InChI=1S/C14H17NO4/c16-12-6-7-14(9-17-18-10-14)8-13(12)19-15-11-4-2-1-3-5-11/h1-5,13,15H,6-10H2/t13-/m1/s1. The third kappa shape index (κ3) is 2.78. The first-order chi connectivity index (χ1) is 9.27. The Labute approximate surface area is 111 Å². The number of para-hydroxylation sites is 1. The number of benzene rings is 1. The number of carbonyl (C=O) groups excluding carboxylic acids is 1. The van der Waals surface area contributed by atoms with Crippen molar-refractivity contribution in [1.29, 1.82) is 0 Å². The second-order valence-electron chi connectivity index (χ2n) is 5.27. The van der Waals surface area contributed by atoms with Crippen LogP contribution in [0.1, 0.15) is 19.3 Å². The molecular weight excluding hydrogens is 246 g/mol. The van der Waals surface area contributed by atoms with Crippen molar-refractivity contribution in [1.82, 2.24) is 0 Å². The van der Waals surface area contributed by atoms with Gasteiger partial charge in [-0.25, -0.2) is 9.78 Å².